The molecule has 1 aromatic heterocycles. The fourth-order valence-electron chi connectivity index (χ4n) is 3.19. The number of pyridine rings is 1. The zero-order chi connectivity index (χ0) is 13.1. The van der Waals surface area contributed by atoms with Crippen LogP contribution in [0.2, 0.25) is 0 Å². The number of piperazine rings is 1. The van der Waals surface area contributed by atoms with E-state index in [0.717, 1.165) is 19.0 Å². The summed E-state index contributed by atoms with van der Waals surface area (Å²) in [7, 11) is 0. The first-order valence-electron chi connectivity index (χ1n) is 7.42. The Hall–Kier alpha value is -1.13. The SMILES string of the molecule is Cc1cccnc1N1CCN(C[C@H]2CCNC2)CC1. The summed E-state index contributed by atoms with van der Waals surface area (Å²) in [6, 6.07) is 4.17. The van der Waals surface area contributed by atoms with E-state index in [1.807, 2.05) is 12.3 Å². The van der Waals surface area contributed by atoms with Gasteiger partial charge in [-0.1, -0.05) is 6.07 Å². The fraction of sp³-hybridized carbons (Fsp3) is 0.667. The average Bonchev–Trinajstić information content (AvgIpc) is 2.93. The molecule has 1 aromatic rings. The lowest BCUT2D eigenvalue weighted by molar-refractivity contribution is 0.224. The van der Waals surface area contributed by atoms with Gasteiger partial charge in [-0.25, -0.2) is 4.98 Å². The van der Waals surface area contributed by atoms with E-state index in [2.05, 4.69) is 33.1 Å². The van der Waals surface area contributed by atoms with Crippen LogP contribution in [-0.2, 0) is 0 Å². The van der Waals surface area contributed by atoms with Crippen molar-refractivity contribution in [1.82, 2.24) is 15.2 Å². The van der Waals surface area contributed by atoms with Crippen molar-refractivity contribution in [2.75, 3.05) is 50.7 Å². The lowest BCUT2D eigenvalue weighted by Gasteiger charge is -2.37. The summed E-state index contributed by atoms with van der Waals surface area (Å²) < 4.78 is 0. The molecule has 0 saturated carbocycles. The highest BCUT2D eigenvalue weighted by molar-refractivity contribution is 5.46. The zero-order valence-electron chi connectivity index (χ0n) is 11.8. The van der Waals surface area contributed by atoms with Crippen LogP contribution in [0.1, 0.15) is 12.0 Å². The largest absolute Gasteiger partial charge is 0.354 e. The van der Waals surface area contributed by atoms with Crippen molar-refractivity contribution in [3.8, 4) is 0 Å². The minimum atomic E-state index is 0.864. The van der Waals surface area contributed by atoms with Gasteiger partial charge in [0, 0.05) is 38.9 Å². The highest BCUT2D eigenvalue weighted by atomic mass is 15.3. The lowest BCUT2D eigenvalue weighted by atomic mass is 10.1. The predicted molar refractivity (Wildman–Crippen MR) is 78.6 cm³/mol. The Bertz CT molecular complexity index is 406. The van der Waals surface area contributed by atoms with Crippen LogP contribution in [0.15, 0.2) is 18.3 Å². The Morgan fingerprint density at radius 1 is 1.32 bits per heavy atom. The van der Waals surface area contributed by atoms with Gasteiger partial charge in [0.05, 0.1) is 0 Å². The summed E-state index contributed by atoms with van der Waals surface area (Å²) >= 11 is 0. The molecule has 0 unspecified atom stereocenters. The Morgan fingerprint density at radius 3 is 2.84 bits per heavy atom. The molecule has 2 aliphatic heterocycles. The van der Waals surface area contributed by atoms with Crippen molar-refractivity contribution in [2.45, 2.75) is 13.3 Å². The second kappa shape index (κ2) is 5.88. The number of nitrogens with zero attached hydrogens (tertiary/aromatic N) is 3. The second-order valence-electron chi connectivity index (χ2n) is 5.79. The molecule has 19 heavy (non-hydrogen) atoms. The Morgan fingerprint density at radius 2 is 2.16 bits per heavy atom. The molecule has 104 valence electrons. The molecule has 0 aromatic carbocycles. The van der Waals surface area contributed by atoms with E-state index in [0.29, 0.717) is 0 Å². The van der Waals surface area contributed by atoms with Crippen LogP contribution < -0.4 is 10.2 Å². The summed E-state index contributed by atoms with van der Waals surface area (Å²) in [5.74, 6) is 2.04. The standard InChI is InChI=1S/C15H24N4/c1-13-3-2-5-17-15(13)19-9-7-18(8-10-19)12-14-4-6-16-11-14/h2-3,5,14,16H,4,6-12H2,1H3/t14-/m0/s1. The molecule has 0 amide bonds. The third kappa shape index (κ3) is 3.07. The van der Waals surface area contributed by atoms with Crippen molar-refractivity contribution < 1.29 is 0 Å². The molecule has 2 saturated heterocycles. The van der Waals surface area contributed by atoms with Gasteiger partial charge in [0.1, 0.15) is 5.82 Å². The van der Waals surface area contributed by atoms with Gasteiger partial charge in [-0.05, 0) is 44.0 Å². The van der Waals surface area contributed by atoms with Crippen LogP contribution in [0.3, 0.4) is 0 Å². The van der Waals surface area contributed by atoms with E-state index in [9.17, 15) is 0 Å². The molecule has 1 atom stereocenters. The first-order valence-corrected chi connectivity index (χ1v) is 7.42. The molecule has 2 aliphatic rings. The molecule has 0 spiro atoms. The molecule has 0 aliphatic carbocycles. The molecular formula is C15H24N4. The topological polar surface area (TPSA) is 31.4 Å². The molecule has 3 rings (SSSR count). The molecule has 3 heterocycles. The summed E-state index contributed by atoms with van der Waals surface area (Å²) in [5, 5.41) is 3.46. The number of anilines is 1. The maximum atomic E-state index is 4.53. The Labute approximate surface area is 115 Å². The van der Waals surface area contributed by atoms with E-state index < -0.39 is 0 Å². The minimum absolute atomic E-state index is 0.864. The van der Waals surface area contributed by atoms with Gasteiger partial charge in [-0.15, -0.1) is 0 Å². The first-order chi connectivity index (χ1) is 9.33. The van der Waals surface area contributed by atoms with E-state index in [1.165, 1.54) is 50.5 Å². The third-order valence-corrected chi connectivity index (χ3v) is 4.33. The number of nitrogens with one attached hydrogen (secondary N) is 1. The van der Waals surface area contributed by atoms with Crippen LogP contribution in [0.4, 0.5) is 5.82 Å². The number of hydrogen-bond donors (Lipinski definition) is 1. The normalized spacial score (nSPS) is 24.9. The second-order valence-corrected chi connectivity index (χ2v) is 5.79. The van der Waals surface area contributed by atoms with Crippen molar-refractivity contribution >= 4 is 5.82 Å². The fourth-order valence-corrected chi connectivity index (χ4v) is 3.19. The maximum Gasteiger partial charge on any atom is 0.131 e. The van der Waals surface area contributed by atoms with Gasteiger partial charge in [0.15, 0.2) is 0 Å². The van der Waals surface area contributed by atoms with Crippen molar-refractivity contribution in [2.24, 2.45) is 5.92 Å². The maximum absolute atomic E-state index is 4.53. The smallest absolute Gasteiger partial charge is 0.131 e. The van der Waals surface area contributed by atoms with Crippen LogP contribution in [0.25, 0.3) is 0 Å². The molecular weight excluding hydrogens is 236 g/mol. The van der Waals surface area contributed by atoms with Gasteiger partial charge in [0.2, 0.25) is 0 Å². The monoisotopic (exact) mass is 260 g/mol. The summed E-state index contributed by atoms with van der Waals surface area (Å²) in [4.78, 5) is 9.57. The first kappa shape index (κ1) is 12.9. The van der Waals surface area contributed by atoms with Crippen LogP contribution >= 0.6 is 0 Å². The molecule has 4 nitrogen and oxygen atoms in total. The van der Waals surface area contributed by atoms with E-state index >= 15 is 0 Å². The zero-order valence-corrected chi connectivity index (χ0v) is 11.8. The quantitative estimate of drug-likeness (QED) is 0.882. The van der Waals surface area contributed by atoms with Crippen LogP contribution in [0, 0.1) is 12.8 Å². The third-order valence-electron chi connectivity index (χ3n) is 4.33. The van der Waals surface area contributed by atoms with Crippen molar-refractivity contribution in [3.63, 3.8) is 0 Å². The summed E-state index contributed by atoms with van der Waals surface area (Å²) in [6.07, 6.45) is 3.25. The summed E-state index contributed by atoms with van der Waals surface area (Å²) in [5.41, 5.74) is 1.29. The highest BCUT2D eigenvalue weighted by Gasteiger charge is 2.23. The van der Waals surface area contributed by atoms with E-state index in [1.54, 1.807) is 0 Å². The number of hydrogen-bond acceptors (Lipinski definition) is 4. The molecule has 0 radical (unpaired) electrons. The Kier molecular flexibility index (Phi) is 3.99. The van der Waals surface area contributed by atoms with Crippen molar-refractivity contribution in [1.29, 1.82) is 0 Å². The molecule has 0 bridgehead atoms. The lowest BCUT2D eigenvalue weighted by Crippen LogP contribution is -2.48. The predicted octanol–water partition coefficient (Wildman–Crippen LogP) is 1.12. The number of aromatic nitrogens is 1. The van der Waals surface area contributed by atoms with Gasteiger partial charge in [0.25, 0.3) is 0 Å². The Balaban J connectivity index is 1.53. The van der Waals surface area contributed by atoms with Crippen molar-refractivity contribution in [3.05, 3.63) is 23.9 Å². The average molecular weight is 260 g/mol. The van der Waals surface area contributed by atoms with E-state index in [-0.39, 0.29) is 0 Å². The summed E-state index contributed by atoms with van der Waals surface area (Å²) in [6.45, 7) is 10.4. The number of aryl methyl sites for hydroxylation is 1. The van der Waals surface area contributed by atoms with Gasteiger partial charge < -0.3 is 10.2 Å². The highest BCUT2D eigenvalue weighted by Crippen LogP contribution is 2.18. The van der Waals surface area contributed by atoms with Crippen LogP contribution in [0.5, 0.6) is 0 Å². The van der Waals surface area contributed by atoms with Crippen LogP contribution in [-0.4, -0.2) is 55.7 Å². The minimum Gasteiger partial charge on any atom is -0.354 e. The molecule has 1 N–H and O–H groups in total. The molecule has 2 fully saturated rings. The van der Waals surface area contributed by atoms with Gasteiger partial charge >= 0.3 is 0 Å². The van der Waals surface area contributed by atoms with Gasteiger partial charge in [-0.2, -0.15) is 0 Å². The van der Waals surface area contributed by atoms with E-state index in [4.69, 9.17) is 0 Å². The number of rotatable bonds is 3. The molecule has 4 heteroatoms. The van der Waals surface area contributed by atoms with Gasteiger partial charge in [-0.3, -0.25) is 4.90 Å².